The minimum Gasteiger partial charge on any atom is -0.776 e. The topological polar surface area (TPSA) is 177 Å². The molecule has 3 atom stereocenters. The van der Waals surface area contributed by atoms with Crippen LogP contribution >= 0.6 is 15.2 Å². The van der Waals surface area contributed by atoms with Gasteiger partial charge in [-0.05, 0) is 23.3 Å². The maximum atomic E-state index is 12.6. The molecule has 2 N–H and O–H groups in total. The molecule has 12 nitrogen and oxygen atoms in total. The summed E-state index contributed by atoms with van der Waals surface area (Å²) in [5.74, 6) is 0. The molecule has 0 bridgehead atoms. The smallest absolute Gasteiger partial charge is 0.370 e. The molecule has 0 aliphatic carbocycles. The van der Waals surface area contributed by atoms with Crippen LogP contribution in [0.4, 0.5) is 5.69 Å². The molecular weight excluding hydrogens is 428 g/mol. The van der Waals surface area contributed by atoms with E-state index in [2.05, 4.69) is 4.98 Å². The number of rotatable bonds is 4. The molecule has 1 aromatic heterocycles. The molecule has 1 fully saturated rings. The molecule has 3 rings (SSSR count). The molecule has 2 heterocycles. The molecule has 0 saturated carbocycles. The molecule has 1 saturated heterocycles. The number of nitro groups is 1. The summed E-state index contributed by atoms with van der Waals surface area (Å²) < 4.78 is 36.0. The summed E-state index contributed by atoms with van der Waals surface area (Å²) in [6.07, 6.45) is 5.17. The summed E-state index contributed by atoms with van der Waals surface area (Å²) in [6.45, 7) is -1.86. The van der Waals surface area contributed by atoms with Crippen LogP contribution in [0.2, 0.25) is 0 Å². The Balaban J connectivity index is 1.87. The fourth-order valence-corrected chi connectivity index (χ4v) is 5.91. The van der Waals surface area contributed by atoms with E-state index < -0.39 is 45.0 Å². The Morgan fingerprint density at radius 2 is 1.93 bits per heavy atom. The first-order valence-corrected chi connectivity index (χ1v) is 11.2. The number of aromatic nitrogens is 2. The van der Waals surface area contributed by atoms with Crippen LogP contribution in [0.15, 0.2) is 48.6 Å². The molecule has 0 spiro atoms. The Hall–Kier alpha value is -2.17. The average Bonchev–Trinajstić information content (AvgIpc) is 3.16. The van der Waals surface area contributed by atoms with Gasteiger partial charge in [0.1, 0.15) is 0 Å². The maximum absolute atomic E-state index is 12.6. The zero-order chi connectivity index (χ0) is 21.3. The van der Waals surface area contributed by atoms with E-state index in [1.54, 1.807) is 0 Å². The fourth-order valence-electron chi connectivity index (χ4n) is 2.55. The van der Waals surface area contributed by atoms with Crippen molar-refractivity contribution in [3.8, 4) is 0 Å². The van der Waals surface area contributed by atoms with Crippen molar-refractivity contribution in [1.29, 1.82) is 0 Å². The number of nitrogens with zero attached hydrogens (tertiary/aromatic N) is 3. The van der Waals surface area contributed by atoms with Gasteiger partial charge in [-0.2, -0.15) is 0 Å². The van der Waals surface area contributed by atoms with E-state index in [9.17, 15) is 34.1 Å². The van der Waals surface area contributed by atoms with E-state index in [4.69, 9.17) is 9.05 Å². The van der Waals surface area contributed by atoms with Gasteiger partial charge in [0, 0.05) is 24.5 Å². The molecular formula is C15H16N3O9P2-. The summed E-state index contributed by atoms with van der Waals surface area (Å²) in [6, 6.07) is 5.32. The number of hydrogen-bond acceptors (Lipinski definition) is 9. The Morgan fingerprint density at radius 1 is 1.28 bits per heavy atom. The Morgan fingerprint density at radius 3 is 2.52 bits per heavy atom. The van der Waals surface area contributed by atoms with Crippen molar-refractivity contribution in [3.63, 3.8) is 0 Å². The molecule has 1 aliphatic heterocycles. The van der Waals surface area contributed by atoms with E-state index in [1.807, 2.05) is 0 Å². The average molecular weight is 444 g/mol. The highest BCUT2D eigenvalue weighted by molar-refractivity contribution is 7.72. The summed E-state index contributed by atoms with van der Waals surface area (Å²) in [5, 5.41) is 18.1. The first-order valence-electron chi connectivity index (χ1n) is 8.09. The number of benzene rings is 1. The van der Waals surface area contributed by atoms with E-state index in [0.29, 0.717) is 5.56 Å². The van der Waals surface area contributed by atoms with Crippen LogP contribution in [0.5, 0.6) is 0 Å². The minimum atomic E-state index is -5.32. The van der Waals surface area contributed by atoms with Crippen LogP contribution in [0.3, 0.4) is 0 Å². The van der Waals surface area contributed by atoms with Gasteiger partial charge in [0.25, 0.3) is 5.69 Å². The van der Waals surface area contributed by atoms with Crippen molar-refractivity contribution < 1.29 is 38.0 Å². The van der Waals surface area contributed by atoms with Gasteiger partial charge in [0.2, 0.25) is 5.08 Å². The zero-order valence-electron chi connectivity index (χ0n) is 14.7. The van der Waals surface area contributed by atoms with Crippen LogP contribution in [-0.2, 0) is 24.7 Å². The van der Waals surface area contributed by atoms with Crippen molar-refractivity contribution in [2.75, 3.05) is 13.2 Å². The van der Waals surface area contributed by atoms with Crippen LogP contribution in [0.25, 0.3) is 6.08 Å². The van der Waals surface area contributed by atoms with Crippen molar-refractivity contribution >= 4 is 27.0 Å². The van der Waals surface area contributed by atoms with Gasteiger partial charge in [-0.25, -0.2) is 4.98 Å². The number of nitro benzene ring substituents is 1. The lowest BCUT2D eigenvalue weighted by Gasteiger charge is -2.42. The number of non-ortho nitro benzene ring substituents is 1. The SMILES string of the molecule is O=[N+]([O-])c1ccc(/C=C2/COP(=O)([O-])C(O)(Cn3ccnc3)P(=O)(O)OC2)cc1. The van der Waals surface area contributed by atoms with Gasteiger partial charge in [-0.15, -0.1) is 0 Å². The zero-order valence-corrected chi connectivity index (χ0v) is 16.5. The number of imidazole rings is 1. The van der Waals surface area contributed by atoms with Crippen molar-refractivity contribution in [1.82, 2.24) is 9.55 Å². The van der Waals surface area contributed by atoms with E-state index >= 15 is 0 Å². The highest BCUT2D eigenvalue weighted by Crippen LogP contribution is 2.71. The van der Waals surface area contributed by atoms with Gasteiger partial charge in [-0.3, -0.25) is 14.7 Å². The molecule has 0 radical (unpaired) electrons. The highest BCUT2D eigenvalue weighted by Gasteiger charge is 2.57. The molecule has 14 heteroatoms. The molecule has 29 heavy (non-hydrogen) atoms. The molecule has 1 aromatic carbocycles. The number of aliphatic hydroxyl groups is 1. The lowest BCUT2D eigenvalue weighted by molar-refractivity contribution is -0.384. The summed E-state index contributed by atoms with van der Waals surface area (Å²) >= 11 is 0. The fraction of sp³-hybridized carbons (Fsp3) is 0.267. The molecule has 0 amide bonds. The molecule has 2 aromatic rings. The lowest BCUT2D eigenvalue weighted by Crippen LogP contribution is -2.40. The Labute approximate surface area is 164 Å². The second-order valence-electron chi connectivity index (χ2n) is 6.23. The lowest BCUT2D eigenvalue weighted by atomic mass is 10.1. The van der Waals surface area contributed by atoms with Gasteiger partial charge in [-0.1, -0.05) is 6.08 Å². The Bertz CT molecular complexity index is 990. The summed E-state index contributed by atoms with van der Waals surface area (Å²) in [4.78, 5) is 36.6. The largest absolute Gasteiger partial charge is 0.776 e. The van der Waals surface area contributed by atoms with E-state index in [-0.39, 0.29) is 11.3 Å². The third-order valence-electron chi connectivity index (χ3n) is 4.16. The first-order chi connectivity index (χ1) is 13.5. The molecule has 1 aliphatic rings. The molecule has 3 unspecified atom stereocenters. The van der Waals surface area contributed by atoms with Crippen molar-refractivity contribution in [2.24, 2.45) is 0 Å². The van der Waals surface area contributed by atoms with Crippen LogP contribution in [0.1, 0.15) is 5.56 Å². The van der Waals surface area contributed by atoms with Gasteiger partial charge in [0.05, 0.1) is 31.0 Å². The predicted octanol–water partition coefficient (Wildman–Crippen LogP) is 1.31. The van der Waals surface area contributed by atoms with Gasteiger partial charge < -0.3 is 33.1 Å². The summed E-state index contributed by atoms with van der Waals surface area (Å²) in [5.41, 5.74) is 0.500. The van der Waals surface area contributed by atoms with E-state index in [0.717, 1.165) is 10.9 Å². The third kappa shape index (κ3) is 4.39. The predicted molar refractivity (Wildman–Crippen MR) is 97.6 cm³/mol. The van der Waals surface area contributed by atoms with Crippen molar-refractivity contribution in [3.05, 3.63) is 64.2 Å². The van der Waals surface area contributed by atoms with Crippen LogP contribution < -0.4 is 4.89 Å². The second-order valence-corrected chi connectivity index (χ2v) is 10.6. The quantitative estimate of drug-likeness (QED) is 0.397. The van der Waals surface area contributed by atoms with Crippen LogP contribution in [0, 0.1) is 10.1 Å². The normalized spacial score (nSPS) is 31.9. The van der Waals surface area contributed by atoms with E-state index in [1.165, 1.54) is 42.7 Å². The standard InChI is InChI=1S/C15H17N3O9P2/c19-15(10-17-6-5-16-11-17)28(22,23)26-8-13(9-27-29(15,24)25)7-12-1-3-14(4-2-12)18(20)21/h1-7,11,19H,8-10H2,(H,22,23)(H,24,25)/p-1/b13-7-. The van der Waals surface area contributed by atoms with Crippen LogP contribution in [-0.4, -0.2) is 42.8 Å². The highest BCUT2D eigenvalue weighted by atomic mass is 31.2. The number of hydrogen-bond donors (Lipinski definition) is 2. The monoisotopic (exact) mass is 444 g/mol. The van der Waals surface area contributed by atoms with Crippen molar-refractivity contribution in [2.45, 2.75) is 11.6 Å². The first kappa shape index (κ1) is 21.5. The minimum absolute atomic E-state index is 0.134. The van der Waals surface area contributed by atoms with Gasteiger partial charge in [0.15, 0.2) is 7.60 Å². The third-order valence-corrected chi connectivity index (χ3v) is 8.67. The second kappa shape index (κ2) is 7.92. The molecule has 156 valence electrons. The maximum Gasteiger partial charge on any atom is 0.370 e. The Kier molecular flexibility index (Phi) is 5.88. The van der Waals surface area contributed by atoms with Gasteiger partial charge >= 0.3 is 7.60 Å². The summed E-state index contributed by atoms with van der Waals surface area (Å²) in [7, 11) is -10.4.